The molecule has 4 fully saturated rings. The fourth-order valence-electron chi connectivity index (χ4n) is 11.3. The minimum atomic E-state index is -2.03. The summed E-state index contributed by atoms with van der Waals surface area (Å²) in [6.45, 7) is 9.21. The number of hydrogen-bond acceptors (Lipinski definition) is 9. The predicted octanol–water partition coefficient (Wildman–Crippen LogP) is 4.83. The lowest BCUT2D eigenvalue weighted by Gasteiger charge is -2.62. The largest absolute Gasteiger partial charge is 0.485 e. The van der Waals surface area contributed by atoms with Gasteiger partial charge in [0.05, 0.1) is 17.2 Å². The number of unbranched alkanes of at least 4 members (excludes halogenated alkanes) is 4. The first-order valence-electron chi connectivity index (χ1n) is 20.4. The van der Waals surface area contributed by atoms with Crippen molar-refractivity contribution < 1.29 is 48.1 Å². The number of benzene rings is 1. The number of ketones is 2. The van der Waals surface area contributed by atoms with Gasteiger partial charge in [0.25, 0.3) is 17.7 Å². The molecule has 57 heavy (non-hydrogen) atoms. The molecule has 2 heterocycles. The zero-order valence-corrected chi connectivity index (χ0v) is 33.0. The van der Waals surface area contributed by atoms with Gasteiger partial charge in [0, 0.05) is 35.4 Å². The molecule has 1 aromatic carbocycles. The van der Waals surface area contributed by atoms with Crippen LogP contribution in [0.2, 0.25) is 0 Å². The molecule has 3 saturated carbocycles. The molecule has 0 spiro atoms. The maximum atomic E-state index is 17.4. The number of rotatable bonds is 13. The van der Waals surface area contributed by atoms with E-state index in [1.807, 2.05) is 13.8 Å². The summed E-state index contributed by atoms with van der Waals surface area (Å²) in [7, 11) is 0. The van der Waals surface area contributed by atoms with Crippen molar-refractivity contribution in [3.8, 4) is 5.75 Å². The summed E-state index contributed by atoms with van der Waals surface area (Å²) in [6.07, 6.45) is 8.99. The van der Waals surface area contributed by atoms with Gasteiger partial charge in [-0.15, -0.1) is 0 Å². The summed E-state index contributed by atoms with van der Waals surface area (Å²) >= 11 is 0. The average molecular weight is 788 g/mol. The summed E-state index contributed by atoms with van der Waals surface area (Å²) in [5, 5.41) is 29.3. The molecule has 1 saturated heterocycles. The van der Waals surface area contributed by atoms with Gasteiger partial charge in [-0.1, -0.05) is 57.4 Å². The minimum absolute atomic E-state index is 0.0486. The van der Waals surface area contributed by atoms with Gasteiger partial charge in [0.1, 0.15) is 18.4 Å². The van der Waals surface area contributed by atoms with Crippen molar-refractivity contribution in [3.05, 3.63) is 65.4 Å². The van der Waals surface area contributed by atoms with Gasteiger partial charge in [-0.2, -0.15) is 0 Å². The lowest BCUT2D eigenvalue weighted by atomic mass is 9.44. The molecular formula is C44H54FN3O9. The Morgan fingerprint density at radius 3 is 2.53 bits per heavy atom. The number of hydrogen-bond donors (Lipinski definition) is 4. The summed E-state index contributed by atoms with van der Waals surface area (Å²) in [5.74, 6) is -3.77. The quantitative estimate of drug-likeness (QED) is 0.161. The number of amides is 4. The molecular weight excluding hydrogens is 733 g/mol. The summed E-state index contributed by atoms with van der Waals surface area (Å²) in [4.78, 5) is 78.5. The Morgan fingerprint density at radius 2 is 1.77 bits per heavy atom. The highest BCUT2D eigenvalue weighted by Crippen LogP contribution is 2.70. The Kier molecular flexibility index (Phi) is 10.7. The SMILES string of the molecule is C=C1CCC(N2C(=O)c3cccc(OCC(=O)CCCCCCCNC(=O)[C@@]4(O)[C@H](C)C[C@H]5[C@@H]6CCC7=CC(=O)C=C[C@]7(C)[C@@]6(F)[C@@H](O)C[C@@]54C)c3C2=O)C(=O)N1. The molecule has 0 radical (unpaired) electrons. The Bertz CT molecular complexity index is 1980. The topological polar surface area (TPSA) is 179 Å². The van der Waals surface area contributed by atoms with Crippen LogP contribution in [0.15, 0.2) is 54.3 Å². The number of fused-ring (bicyclic) bond motifs is 6. The fourth-order valence-corrected chi connectivity index (χ4v) is 11.3. The maximum Gasteiger partial charge on any atom is 0.266 e. The minimum Gasteiger partial charge on any atom is -0.485 e. The lowest BCUT2D eigenvalue weighted by molar-refractivity contribution is -0.219. The van der Waals surface area contributed by atoms with Crippen LogP contribution in [-0.2, 0) is 19.2 Å². The Labute approximate surface area is 332 Å². The number of halogens is 1. The fraction of sp³-hybridized carbons (Fsp3) is 0.591. The van der Waals surface area contributed by atoms with E-state index in [0.717, 1.165) is 24.2 Å². The van der Waals surface area contributed by atoms with Crippen molar-refractivity contribution in [2.45, 2.75) is 121 Å². The highest BCUT2D eigenvalue weighted by molar-refractivity contribution is 6.24. The summed E-state index contributed by atoms with van der Waals surface area (Å²) < 4.78 is 23.2. The Balaban J connectivity index is 0.847. The van der Waals surface area contributed by atoms with Crippen molar-refractivity contribution >= 4 is 35.2 Å². The van der Waals surface area contributed by atoms with Gasteiger partial charge in [-0.3, -0.25) is 33.7 Å². The van der Waals surface area contributed by atoms with Crippen molar-refractivity contribution in [1.29, 1.82) is 0 Å². The van der Waals surface area contributed by atoms with E-state index in [4.69, 9.17) is 4.74 Å². The van der Waals surface area contributed by atoms with E-state index in [0.29, 0.717) is 56.3 Å². The highest BCUT2D eigenvalue weighted by atomic mass is 19.1. The number of ether oxygens (including phenoxy) is 1. The number of carbonyl (C=O) groups is 6. The van der Waals surface area contributed by atoms with E-state index >= 15 is 4.39 Å². The molecule has 0 aromatic heterocycles. The molecule has 12 nitrogen and oxygen atoms in total. The van der Waals surface area contributed by atoms with Gasteiger partial charge < -0.3 is 25.6 Å². The van der Waals surface area contributed by atoms with Crippen molar-refractivity contribution in [2.75, 3.05) is 13.2 Å². The molecule has 0 bridgehead atoms. The number of piperidine rings is 1. The number of nitrogens with zero attached hydrogens (tertiary/aromatic N) is 1. The molecule has 6 aliphatic rings. The third-order valence-electron chi connectivity index (χ3n) is 14.4. The monoisotopic (exact) mass is 787 g/mol. The Morgan fingerprint density at radius 1 is 1.04 bits per heavy atom. The third-order valence-corrected chi connectivity index (χ3v) is 14.4. The van der Waals surface area contributed by atoms with Gasteiger partial charge >= 0.3 is 0 Å². The number of nitrogens with one attached hydrogen (secondary N) is 2. The van der Waals surface area contributed by atoms with Gasteiger partial charge in [-0.25, -0.2) is 4.39 Å². The molecule has 4 aliphatic carbocycles. The van der Waals surface area contributed by atoms with E-state index in [1.165, 1.54) is 24.3 Å². The van der Waals surface area contributed by atoms with Crippen molar-refractivity contribution in [1.82, 2.24) is 15.5 Å². The van der Waals surface area contributed by atoms with Gasteiger partial charge in [0.2, 0.25) is 5.91 Å². The van der Waals surface area contributed by atoms with Crippen LogP contribution in [0.1, 0.15) is 119 Å². The first-order chi connectivity index (χ1) is 27.0. The third kappa shape index (κ3) is 6.40. The van der Waals surface area contributed by atoms with Crippen LogP contribution in [0.3, 0.4) is 0 Å². The second kappa shape index (κ2) is 15.0. The first kappa shape index (κ1) is 40.7. The molecule has 2 aliphatic heterocycles. The molecule has 7 rings (SSSR count). The van der Waals surface area contributed by atoms with Crippen molar-refractivity contribution in [3.63, 3.8) is 0 Å². The van der Waals surface area contributed by atoms with Gasteiger partial charge in [-0.05, 0) is 94.4 Å². The van der Waals surface area contributed by atoms with E-state index in [9.17, 15) is 39.0 Å². The molecule has 9 atom stereocenters. The molecule has 4 N–H and O–H groups in total. The summed E-state index contributed by atoms with van der Waals surface area (Å²) in [5.41, 5.74) is -4.60. The molecule has 306 valence electrons. The first-order valence-corrected chi connectivity index (χ1v) is 20.4. The maximum absolute atomic E-state index is 17.4. The predicted molar refractivity (Wildman–Crippen MR) is 206 cm³/mol. The number of Topliss-reactive ketones (excluding diaryl/α,β-unsaturated/α-hetero) is 1. The van der Waals surface area contributed by atoms with Gasteiger partial charge in [0.15, 0.2) is 22.8 Å². The number of aliphatic hydroxyl groups is 2. The van der Waals surface area contributed by atoms with E-state index in [1.54, 1.807) is 19.1 Å². The molecule has 1 aromatic rings. The second-order valence-corrected chi connectivity index (χ2v) is 17.6. The van der Waals surface area contributed by atoms with Crippen LogP contribution in [0.25, 0.3) is 0 Å². The molecule has 13 heteroatoms. The normalized spacial score (nSPS) is 35.5. The number of allylic oxidation sites excluding steroid dienone is 5. The molecule has 4 amide bonds. The number of alkyl halides is 1. The second-order valence-electron chi connectivity index (χ2n) is 17.6. The number of aliphatic hydroxyl groups excluding tert-OH is 1. The summed E-state index contributed by atoms with van der Waals surface area (Å²) in [6, 6.07) is 3.66. The van der Waals surface area contributed by atoms with Crippen LogP contribution in [-0.4, -0.2) is 86.9 Å². The van der Waals surface area contributed by atoms with Crippen LogP contribution >= 0.6 is 0 Å². The smallest absolute Gasteiger partial charge is 0.266 e. The average Bonchev–Trinajstić information content (AvgIpc) is 3.54. The number of imide groups is 1. The lowest BCUT2D eigenvalue weighted by Crippen LogP contribution is -2.70. The van der Waals surface area contributed by atoms with E-state index < -0.39 is 69.7 Å². The molecule has 1 unspecified atom stereocenters. The Hall–Kier alpha value is -4.49. The zero-order chi connectivity index (χ0) is 41.1. The van der Waals surface area contributed by atoms with E-state index in [2.05, 4.69) is 17.2 Å². The van der Waals surface area contributed by atoms with Crippen LogP contribution in [0.5, 0.6) is 5.75 Å². The van der Waals surface area contributed by atoms with Crippen LogP contribution in [0.4, 0.5) is 4.39 Å². The highest BCUT2D eigenvalue weighted by Gasteiger charge is 2.75. The zero-order valence-electron chi connectivity index (χ0n) is 33.0. The standard InChI is InChI=1S/C44H54FN3O9/c1-25-21-32-31-16-15-27-22-28(49)18-19-41(27,3)43(31,45)35(51)23-42(32,4)44(25,56)40(55)46-20-9-7-5-6-8-11-29(50)24-57-34-13-10-12-30-36(34)39(54)48(38(30)53)33-17-14-26(2)47-37(33)52/h10,12-13,18-19,22,25,31-33,35,51,56H,2,5-9,11,14-17,20-21,23-24H2,1,3-4H3,(H,46,55)(H,47,52)/t25-,31+,32+,33?,35+,41+,42+,43+,44+/m1/s1. The van der Waals surface area contributed by atoms with Crippen LogP contribution in [0, 0.1) is 28.6 Å². The number of carbonyl (C=O) groups excluding carboxylic acids is 6. The van der Waals surface area contributed by atoms with Crippen molar-refractivity contribution in [2.24, 2.45) is 28.6 Å². The van der Waals surface area contributed by atoms with E-state index in [-0.39, 0.29) is 60.2 Å². The van der Waals surface area contributed by atoms with Crippen LogP contribution < -0.4 is 15.4 Å².